The van der Waals surface area contributed by atoms with E-state index in [9.17, 15) is 0 Å². The molecule has 52 heavy (non-hydrogen) atoms. The second kappa shape index (κ2) is 12.6. The Morgan fingerprint density at radius 3 is 1.69 bits per heavy atom. The van der Waals surface area contributed by atoms with Gasteiger partial charge in [-0.3, -0.25) is 0 Å². The number of anilines is 3. The first-order chi connectivity index (χ1) is 25.8. The molecular weight excluding hydrogens is 649 g/mol. The van der Waals surface area contributed by atoms with Crippen LogP contribution in [-0.4, -0.2) is 4.98 Å². The van der Waals surface area contributed by atoms with Gasteiger partial charge in [0.15, 0.2) is 0 Å². The molecule has 0 aliphatic rings. The standard InChI is InChI=1S/C49H32N2S/c1-4-15-33(16-5-1)35-27-29-38(30-28-35)51(39-22-14-21-37(31-39)34-17-6-2-7-18-34)44-32-42-46(47-41-24-11-13-26-45(41)52-49(44)47)40-23-10-12-25-43(40)50-48(42)36-19-8-3-9-20-36/h1-32H. The van der Waals surface area contributed by atoms with Gasteiger partial charge in [-0.05, 0) is 64.7 Å². The highest BCUT2D eigenvalue weighted by Gasteiger charge is 2.24. The van der Waals surface area contributed by atoms with Crippen LogP contribution in [0.3, 0.4) is 0 Å². The number of hydrogen-bond acceptors (Lipinski definition) is 3. The lowest BCUT2D eigenvalue weighted by atomic mass is 9.95. The lowest BCUT2D eigenvalue weighted by Crippen LogP contribution is -2.10. The zero-order valence-electron chi connectivity index (χ0n) is 28.3. The number of nitrogens with zero attached hydrogens (tertiary/aromatic N) is 2. The quantitative estimate of drug-likeness (QED) is 0.163. The molecule has 0 atom stereocenters. The highest BCUT2D eigenvalue weighted by Crippen LogP contribution is 2.51. The summed E-state index contributed by atoms with van der Waals surface area (Å²) < 4.78 is 2.52. The molecule has 2 heterocycles. The van der Waals surface area contributed by atoms with Gasteiger partial charge in [-0.25, -0.2) is 4.98 Å². The summed E-state index contributed by atoms with van der Waals surface area (Å²) >= 11 is 1.87. The van der Waals surface area contributed by atoms with Gasteiger partial charge in [-0.2, -0.15) is 0 Å². The summed E-state index contributed by atoms with van der Waals surface area (Å²) in [7, 11) is 0. The average molecular weight is 681 g/mol. The van der Waals surface area contributed by atoms with Crippen LogP contribution in [0.25, 0.3) is 75.4 Å². The molecular formula is C49H32N2S. The van der Waals surface area contributed by atoms with Crippen molar-refractivity contribution in [3.63, 3.8) is 0 Å². The van der Waals surface area contributed by atoms with E-state index in [-0.39, 0.29) is 0 Å². The average Bonchev–Trinajstić information content (AvgIpc) is 3.62. The topological polar surface area (TPSA) is 16.1 Å². The van der Waals surface area contributed by atoms with Crippen LogP contribution < -0.4 is 4.90 Å². The first-order valence-electron chi connectivity index (χ1n) is 17.6. The number of pyridine rings is 1. The first kappa shape index (κ1) is 30.3. The van der Waals surface area contributed by atoms with E-state index in [1.165, 1.54) is 53.2 Å². The minimum atomic E-state index is 0.991. The van der Waals surface area contributed by atoms with Crippen molar-refractivity contribution in [2.75, 3.05) is 4.90 Å². The Bertz CT molecular complexity index is 2880. The molecule has 0 unspecified atom stereocenters. The van der Waals surface area contributed by atoms with Crippen molar-refractivity contribution in [2.24, 2.45) is 0 Å². The molecule has 0 saturated heterocycles. The summed E-state index contributed by atoms with van der Waals surface area (Å²) in [6.07, 6.45) is 0. The molecule has 0 aliphatic carbocycles. The molecule has 8 aromatic carbocycles. The predicted molar refractivity (Wildman–Crippen MR) is 223 cm³/mol. The van der Waals surface area contributed by atoms with Crippen LogP contribution in [0.4, 0.5) is 17.1 Å². The van der Waals surface area contributed by atoms with E-state index in [2.05, 4.69) is 199 Å². The van der Waals surface area contributed by atoms with Crippen molar-refractivity contribution in [3.05, 3.63) is 194 Å². The summed E-state index contributed by atoms with van der Waals surface area (Å²) in [6.45, 7) is 0. The molecule has 244 valence electrons. The van der Waals surface area contributed by atoms with Crippen molar-refractivity contribution in [2.45, 2.75) is 0 Å². The zero-order valence-corrected chi connectivity index (χ0v) is 29.1. The molecule has 0 fully saturated rings. The summed E-state index contributed by atoms with van der Waals surface area (Å²) in [4.78, 5) is 7.82. The van der Waals surface area contributed by atoms with Crippen LogP contribution in [0.15, 0.2) is 194 Å². The van der Waals surface area contributed by atoms with E-state index in [1.54, 1.807) is 0 Å². The lowest BCUT2D eigenvalue weighted by molar-refractivity contribution is 1.30. The Morgan fingerprint density at radius 2 is 0.962 bits per heavy atom. The Morgan fingerprint density at radius 1 is 0.385 bits per heavy atom. The van der Waals surface area contributed by atoms with E-state index in [4.69, 9.17) is 4.98 Å². The monoisotopic (exact) mass is 680 g/mol. The molecule has 0 spiro atoms. The van der Waals surface area contributed by atoms with Gasteiger partial charge in [0.2, 0.25) is 0 Å². The van der Waals surface area contributed by atoms with Crippen LogP contribution in [0, 0.1) is 0 Å². The smallest absolute Gasteiger partial charge is 0.0789 e. The summed E-state index contributed by atoms with van der Waals surface area (Å²) in [5, 5.41) is 6.09. The van der Waals surface area contributed by atoms with Crippen LogP contribution in [-0.2, 0) is 0 Å². The van der Waals surface area contributed by atoms with E-state index < -0.39 is 0 Å². The number of rotatable bonds is 6. The molecule has 2 nitrogen and oxygen atoms in total. The number of para-hydroxylation sites is 1. The van der Waals surface area contributed by atoms with Crippen molar-refractivity contribution in [1.82, 2.24) is 4.98 Å². The van der Waals surface area contributed by atoms with Crippen LogP contribution in [0.5, 0.6) is 0 Å². The van der Waals surface area contributed by atoms with Gasteiger partial charge >= 0.3 is 0 Å². The van der Waals surface area contributed by atoms with Gasteiger partial charge in [-0.15, -0.1) is 11.3 Å². The van der Waals surface area contributed by atoms with Gasteiger partial charge in [0.05, 0.1) is 21.6 Å². The van der Waals surface area contributed by atoms with E-state index in [1.807, 2.05) is 11.3 Å². The molecule has 0 amide bonds. The Labute approximate surface area is 306 Å². The summed E-state index contributed by atoms with van der Waals surface area (Å²) in [6, 6.07) is 69.7. The van der Waals surface area contributed by atoms with Gasteiger partial charge in [0, 0.05) is 48.6 Å². The maximum absolute atomic E-state index is 5.37. The number of thiophene rings is 1. The van der Waals surface area contributed by atoms with Gasteiger partial charge in [0.1, 0.15) is 0 Å². The minimum Gasteiger partial charge on any atom is -0.309 e. The van der Waals surface area contributed by atoms with Crippen LogP contribution in [0.1, 0.15) is 0 Å². The number of aromatic nitrogens is 1. The molecule has 0 N–H and O–H groups in total. The normalized spacial score (nSPS) is 11.5. The van der Waals surface area contributed by atoms with E-state index in [0.717, 1.165) is 39.2 Å². The third kappa shape index (κ3) is 5.14. The number of fused-ring (bicyclic) bond motifs is 7. The molecule has 3 heteroatoms. The fourth-order valence-corrected chi connectivity index (χ4v) is 8.83. The van der Waals surface area contributed by atoms with Crippen molar-refractivity contribution < 1.29 is 0 Å². The highest BCUT2D eigenvalue weighted by atomic mass is 32.1. The zero-order chi connectivity index (χ0) is 34.4. The largest absolute Gasteiger partial charge is 0.309 e. The van der Waals surface area contributed by atoms with Gasteiger partial charge in [0.25, 0.3) is 0 Å². The second-order valence-electron chi connectivity index (χ2n) is 13.1. The third-order valence-electron chi connectivity index (χ3n) is 10.0. The van der Waals surface area contributed by atoms with Crippen LogP contribution >= 0.6 is 11.3 Å². The molecule has 10 aromatic rings. The lowest BCUT2D eigenvalue weighted by Gasteiger charge is -2.28. The van der Waals surface area contributed by atoms with E-state index >= 15 is 0 Å². The molecule has 0 saturated carbocycles. The number of hydrogen-bond donors (Lipinski definition) is 0. The van der Waals surface area contributed by atoms with Crippen molar-refractivity contribution in [3.8, 4) is 33.5 Å². The molecule has 0 bridgehead atoms. The molecule has 10 rings (SSSR count). The van der Waals surface area contributed by atoms with Crippen LogP contribution in [0.2, 0.25) is 0 Å². The Kier molecular flexibility index (Phi) is 7.37. The summed E-state index contributed by atoms with van der Waals surface area (Å²) in [5.41, 5.74) is 11.2. The SMILES string of the molecule is c1ccc(-c2ccc(N(c3cccc(-c4ccccc4)c3)c3cc4c(-c5ccccc5)nc5ccccc5c4c4c3sc3ccccc34)cc2)cc1. The Hall–Kier alpha value is -6.55. The minimum absolute atomic E-state index is 0.991. The third-order valence-corrected chi connectivity index (χ3v) is 11.2. The summed E-state index contributed by atoms with van der Waals surface area (Å²) in [5.74, 6) is 0. The highest BCUT2D eigenvalue weighted by molar-refractivity contribution is 7.26. The van der Waals surface area contributed by atoms with Gasteiger partial charge in [-0.1, -0.05) is 152 Å². The van der Waals surface area contributed by atoms with E-state index in [0.29, 0.717) is 0 Å². The van der Waals surface area contributed by atoms with Crippen molar-refractivity contribution >= 4 is 70.2 Å². The molecule has 0 radical (unpaired) electrons. The molecule has 0 aliphatic heterocycles. The maximum atomic E-state index is 5.37. The first-order valence-corrected chi connectivity index (χ1v) is 18.4. The molecule has 2 aromatic heterocycles. The second-order valence-corrected chi connectivity index (χ2v) is 14.2. The maximum Gasteiger partial charge on any atom is 0.0789 e. The predicted octanol–water partition coefficient (Wildman–Crippen LogP) is 14.2. The number of benzene rings is 8. The Balaban J connectivity index is 1.32. The fourth-order valence-electron chi connectivity index (χ4n) is 7.61. The van der Waals surface area contributed by atoms with Crippen molar-refractivity contribution in [1.29, 1.82) is 0 Å². The fraction of sp³-hybridized carbons (Fsp3) is 0. The van der Waals surface area contributed by atoms with Gasteiger partial charge < -0.3 is 4.90 Å².